The third-order valence-electron chi connectivity index (χ3n) is 1.91. The van der Waals surface area contributed by atoms with Crippen LogP contribution in [0.3, 0.4) is 0 Å². The maximum atomic E-state index is 13.3. The first-order chi connectivity index (χ1) is 7.18. The zero-order chi connectivity index (χ0) is 10.8. The fourth-order valence-corrected chi connectivity index (χ4v) is 1.24. The Morgan fingerprint density at radius 3 is 2.60 bits per heavy atom. The molecule has 0 atom stereocenters. The second-order valence-corrected chi connectivity index (χ2v) is 2.89. The molecule has 15 heavy (non-hydrogen) atoms. The van der Waals surface area contributed by atoms with Crippen LogP contribution < -0.4 is 5.69 Å². The van der Waals surface area contributed by atoms with Crippen molar-refractivity contribution in [2.24, 2.45) is 0 Å². The van der Waals surface area contributed by atoms with Gasteiger partial charge >= 0.3 is 5.69 Å². The molecule has 0 spiro atoms. The summed E-state index contributed by atoms with van der Waals surface area (Å²) >= 11 is 0. The number of rotatable bonds is 1. The number of nitrogens with zero attached hydrogens (tertiary/aromatic N) is 1. The molecule has 0 aliphatic heterocycles. The van der Waals surface area contributed by atoms with Crippen molar-refractivity contribution in [2.45, 2.75) is 0 Å². The SMILES string of the molecule is O=c1ncc(F)c(-c2ccccc2F)[nH]1. The van der Waals surface area contributed by atoms with E-state index in [2.05, 4.69) is 9.97 Å². The number of aromatic amines is 1. The highest BCUT2D eigenvalue weighted by atomic mass is 19.1. The maximum Gasteiger partial charge on any atom is 0.345 e. The van der Waals surface area contributed by atoms with E-state index in [-0.39, 0.29) is 11.3 Å². The average Bonchev–Trinajstić information content (AvgIpc) is 2.23. The number of hydrogen-bond acceptors (Lipinski definition) is 2. The number of benzene rings is 1. The van der Waals surface area contributed by atoms with Crippen LogP contribution >= 0.6 is 0 Å². The number of aromatic nitrogens is 2. The van der Waals surface area contributed by atoms with Crippen LogP contribution in [0.15, 0.2) is 35.3 Å². The lowest BCUT2D eigenvalue weighted by Gasteiger charge is -2.02. The monoisotopic (exact) mass is 208 g/mol. The van der Waals surface area contributed by atoms with Gasteiger partial charge < -0.3 is 4.98 Å². The van der Waals surface area contributed by atoms with Crippen molar-refractivity contribution >= 4 is 0 Å². The second-order valence-electron chi connectivity index (χ2n) is 2.89. The minimum absolute atomic E-state index is 0.00880. The smallest absolute Gasteiger partial charge is 0.303 e. The molecular formula is C10H6F2N2O. The molecule has 76 valence electrons. The minimum atomic E-state index is -0.764. The van der Waals surface area contributed by atoms with Crippen LogP contribution in [0.2, 0.25) is 0 Å². The van der Waals surface area contributed by atoms with Crippen molar-refractivity contribution in [3.05, 3.63) is 52.6 Å². The molecule has 3 nitrogen and oxygen atoms in total. The molecule has 0 saturated heterocycles. The molecule has 0 fully saturated rings. The Kier molecular flexibility index (Phi) is 2.29. The van der Waals surface area contributed by atoms with Gasteiger partial charge in [0.2, 0.25) is 0 Å². The molecule has 1 aromatic carbocycles. The van der Waals surface area contributed by atoms with Crippen molar-refractivity contribution in [3.63, 3.8) is 0 Å². The van der Waals surface area contributed by atoms with Crippen molar-refractivity contribution in [1.29, 1.82) is 0 Å². The average molecular weight is 208 g/mol. The number of nitrogens with one attached hydrogen (secondary N) is 1. The first-order valence-corrected chi connectivity index (χ1v) is 4.18. The molecule has 0 aliphatic carbocycles. The molecule has 0 saturated carbocycles. The molecule has 1 aromatic heterocycles. The summed E-state index contributed by atoms with van der Waals surface area (Å²) in [6.07, 6.45) is 0.764. The van der Waals surface area contributed by atoms with E-state index in [9.17, 15) is 13.6 Å². The predicted octanol–water partition coefficient (Wildman–Crippen LogP) is 1.72. The standard InChI is InChI=1S/C10H6F2N2O/c11-7-4-2-1-3-6(7)9-8(12)5-13-10(15)14-9/h1-5H,(H,13,14,15). The predicted molar refractivity (Wildman–Crippen MR) is 50.2 cm³/mol. The Morgan fingerprint density at radius 2 is 1.87 bits per heavy atom. The van der Waals surface area contributed by atoms with Crippen molar-refractivity contribution in [2.75, 3.05) is 0 Å². The summed E-state index contributed by atoms with van der Waals surface area (Å²) in [7, 11) is 0. The van der Waals surface area contributed by atoms with Crippen LogP contribution in [0.1, 0.15) is 0 Å². The molecule has 0 aliphatic rings. The van der Waals surface area contributed by atoms with Gasteiger partial charge in [0.25, 0.3) is 0 Å². The summed E-state index contributed by atoms with van der Waals surface area (Å²) < 4.78 is 26.5. The Morgan fingerprint density at radius 1 is 1.13 bits per heavy atom. The van der Waals surface area contributed by atoms with Crippen molar-refractivity contribution in [3.8, 4) is 11.3 Å². The molecule has 1 heterocycles. The first kappa shape index (κ1) is 9.51. The Balaban J connectivity index is 2.69. The number of H-pyrrole nitrogens is 1. The van der Waals surface area contributed by atoms with E-state index < -0.39 is 17.3 Å². The van der Waals surface area contributed by atoms with Gasteiger partial charge in [-0.25, -0.2) is 13.6 Å². The van der Waals surface area contributed by atoms with Gasteiger partial charge in [0.15, 0.2) is 5.82 Å². The molecule has 0 radical (unpaired) electrons. The first-order valence-electron chi connectivity index (χ1n) is 4.18. The van der Waals surface area contributed by atoms with E-state index in [1.807, 2.05) is 0 Å². The van der Waals surface area contributed by atoms with Crippen LogP contribution in [0.4, 0.5) is 8.78 Å². The highest BCUT2D eigenvalue weighted by Crippen LogP contribution is 2.21. The van der Waals surface area contributed by atoms with Gasteiger partial charge in [-0.2, -0.15) is 4.98 Å². The van der Waals surface area contributed by atoms with Crippen LogP contribution in [-0.4, -0.2) is 9.97 Å². The van der Waals surface area contributed by atoms with Gasteiger partial charge in [-0.3, -0.25) is 0 Å². The lowest BCUT2D eigenvalue weighted by molar-refractivity contribution is 0.604. The summed E-state index contributed by atoms with van der Waals surface area (Å²) in [5.41, 5.74) is -0.891. The van der Waals surface area contributed by atoms with Gasteiger partial charge in [-0.1, -0.05) is 12.1 Å². The summed E-state index contributed by atoms with van der Waals surface area (Å²) in [4.78, 5) is 16.2. The summed E-state index contributed by atoms with van der Waals surface area (Å²) in [5, 5.41) is 0. The molecule has 1 N–H and O–H groups in total. The van der Waals surface area contributed by atoms with E-state index in [0.29, 0.717) is 0 Å². The van der Waals surface area contributed by atoms with E-state index in [4.69, 9.17) is 0 Å². The van der Waals surface area contributed by atoms with Crippen molar-refractivity contribution < 1.29 is 8.78 Å². The van der Waals surface area contributed by atoms with E-state index in [1.54, 1.807) is 6.07 Å². The van der Waals surface area contributed by atoms with E-state index >= 15 is 0 Å². The van der Waals surface area contributed by atoms with Crippen LogP contribution in [0.5, 0.6) is 0 Å². The van der Waals surface area contributed by atoms with Gasteiger partial charge in [-0.05, 0) is 12.1 Å². The topological polar surface area (TPSA) is 45.8 Å². The summed E-state index contributed by atoms with van der Waals surface area (Å²) in [5.74, 6) is -1.36. The van der Waals surface area contributed by atoms with E-state index in [0.717, 1.165) is 6.20 Å². The van der Waals surface area contributed by atoms with Gasteiger partial charge in [-0.15, -0.1) is 0 Å². The molecule has 5 heteroatoms. The Hall–Kier alpha value is -2.04. The quantitative estimate of drug-likeness (QED) is 0.775. The highest BCUT2D eigenvalue weighted by Gasteiger charge is 2.10. The van der Waals surface area contributed by atoms with Crippen molar-refractivity contribution in [1.82, 2.24) is 9.97 Å². The normalized spacial score (nSPS) is 10.3. The molecule has 0 bridgehead atoms. The largest absolute Gasteiger partial charge is 0.345 e. The van der Waals surface area contributed by atoms with Crippen LogP contribution in [-0.2, 0) is 0 Å². The Labute approximate surface area is 83.4 Å². The van der Waals surface area contributed by atoms with Gasteiger partial charge in [0.1, 0.15) is 5.82 Å². The fraction of sp³-hybridized carbons (Fsp3) is 0. The maximum absolute atomic E-state index is 13.3. The van der Waals surface area contributed by atoms with E-state index in [1.165, 1.54) is 18.2 Å². The third kappa shape index (κ3) is 1.76. The van der Waals surface area contributed by atoms with Gasteiger partial charge in [0, 0.05) is 5.56 Å². The lowest BCUT2D eigenvalue weighted by atomic mass is 10.1. The highest BCUT2D eigenvalue weighted by molar-refractivity contribution is 5.59. The summed E-state index contributed by atoms with van der Waals surface area (Å²) in [6, 6.07) is 5.60. The molecule has 0 unspecified atom stereocenters. The molecule has 2 aromatic rings. The Bertz CT molecular complexity index is 551. The van der Waals surface area contributed by atoms with Crippen LogP contribution in [0.25, 0.3) is 11.3 Å². The summed E-state index contributed by atoms with van der Waals surface area (Å²) in [6.45, 7) is 0. The fourth-order valence-electron chi connectivity index (χ4n) is 1.24. The molecule has 0 amide bonds. The lowest BCUT2D eigenvalue weighted by Crippen LogP contribution is -2.12. The molecule has 2 rings (SSSR count). The second kappa shape index (κ2) is 3.61. The zero-order valence-corrected chi connectivity index (χ0v) is 7.50. The van der Waals surface area contributed by atoms with Crippen LogP contribution in [0, 0.1) is 11.6 Å². The number of halogens is 2. The zero-order valence-electron chi connectivity index (χ0n) is 7.50. The third-order valence-corrected chi connectivity index (χ3v) is 1.91. The minimum Gasteiger partial charge on any atom is -0.303 e. The molecular weight excluding hydrogens is 202 g/mol. The number of hydrogen-bond donors (Lipinski definition) is 1. The van der Waals surface area contributed by atoms with Gasteiger partial charge in [0.05, 0.1) is 11.9 Å².